The summed E-state index contributed by atoms with van der Waals surface area (Å²) in [5.74, 6) is -1.99. The Morgan fingerprint density at radius 1 is 1.30 bits per heavy atom. The van der Waals surface area contributed by atoms with Crippen molar-refractivity contribution < 1.29 is 28.9 Å². The molecule has 2 aliphatic heterocycles. The second kappa shape index (κ2) is 7.19. The van der Waals surface area contributed by atoms with Crippen LogP contribution in [0.5, 0.6) is 0 Å². The maximum absolute atomic E-state index is 14.3. The van der Waals surface area contributed by atoms with E-state index in [-0.39, 0.29) is 36.2 Å². The standard InChI is InChI=1S/C23H20FN3O6/c1-3-23(32)14-5-17-20-12(7-27(17)21(30)13(14)9-33-22(23)31)19(26-18(29)8-28)11-4-10(2)15(24)6-16(11)25-20/h4-6,28,32H,3,7-9H2,1-2H3,(H,25,26,29)/t23-/m0/s1. The van der Waals surface area contributed by atoms with Gasteiger partial charge in [-0.2, -0.15) is 0 Å². The molecular formula is C23H20FN3O6. The lowest BCUT2D eigenvalue weighted by Crippen LogP contribution is -2.44. The van der Waals surface area contributed by atoms with Gasteiger partial charge in [-0.25, -0.2) is 14.2 Å². The van der Waals surface area contributed by atoms with Crippen molar-refractivity contribution in [3.8, 4) is 11.4 Å². The molecule has 2 aromatic heterocycles. The molecule has 1 amide bonds. The maximum atomic E-state index is 14.3. The first kappa shape index (κ1) is 21.2. The van der Waals surface area contributed by atoms with Crippen LogP contribution in [-0.2, 0) is 33.1 Å². The number of aliphatic hydroxyl groups is 2. The molecule has 0 radical (unpaired) electrons. The average molecular weight is 453 g/mol. The highest BCUT2D eigenvalue weighted by molar-refractivity contribution is 6.05. The fourth-order valence-electron chi connectivity index (χ4n) is 4.53. The van der Waals surface area contributed by atoms with Crippen LogP contribution in [0.15, 0.2) is 23.0 Å². The zero-order chi connectivity index (χ0) is 23.7. The number of cyclic esters (lactones) is 1. The van der Waals surface area contributed by atoms with E-state index < -0.39 is 35.5 Å². The summed E-state index contributed by atoms with van der Waals surface area (Å²) in [5, 5.41) is 23.3. The third-order valence-electron chi connectivity index (χ3n) is 6.38. The van der Waals surface area contributed by atoms with Crippen LogP contribution in [0, 0.1) is 12.7 Å². The lowest BCUT2D eigenvalue weighted by Gasteiger charge is -2.31. The number of aryl methyl sites for hydroxylation is 1. The zero-order valence-electron chi connectivity index (χ0n) is 17.9. The summed E-state index contributed by atoms with van der Waals surface area (Å²) in [6.07, 6.45) is 0.00201. The first-order chi connectivity index (χ1) is 15.7. The Kier molecular flexibility index (Phi) is 4.62. The summed E-state index contributed by atoms with van der Waals surface area (Å²) in [7, 11) is 0. The fraction of sp³-hybridized carbons (Fsp3) is 0.304. The number of halogens is 1. The van der Waals surface area contributed by atoms with Crippen LogP contribution in [0.2, 0.25) is 0 Å². The van der Waals surface area contributed by atoms with E-state index in [4.69, 9.17) is 4.74 Å². The Morgan fingerprint density at radius 2 is 2.06 bits per heavy atom. The van der Waals surface area contributed by atoms with Crippen molar-refractivity contribution in [2.24, 2.45) is 0 Å². The highest BCUT2D eigenvalue weighted by atomic mass is 19.1. The number of pyridine rings is 2. The molecule has 0 bridgehead atoms. The van der Waals surface area contributed by atoms with Crippen LogP contribution < -0.4 is 10.9 Å². The van der Waals surface area contributed by atoms with Crippen LogP contribution in [0.25, 0.3) is 22.3 Å². The lowest BCUT2D eigenvalue weighted by atomic mass is 9.86. The van der Waals surface area contributed by atoms with E-state index >= 15 is 0 Å². The molecule has 10 heteroatoms. The molecule has 0 fully saturated rings. The Balaban J connectivity index is 1.83. The van der Waals surface area contributed by atoms with Crippen LogP contribution in [-0.4, -0.2) is 38.2 Å². The van der Waals surface area contributed by atoms with Crippen molar-refractivity contribution in [3.63, 3.8) is 0 Å². The molecule has 0 saturated carbocycles. The first-order valence-corrected chi connectivity index (χ1v) is 10.4. The topological polar surface area (TPSA) is 131 Å². The van der Waals surface area contributed by atoms with Gasteiger partial charge in [0, 0.05) is 22.6 Å². The summed E-state index contributed by atoms with van der Waals surface area (Å²) in [6.45, 7) is 2.21. The minimum absolute atomic E-state index is 0.00201. The molecule has 0 spiro atoms. The van der Waals surface area contributed by atoms with E-state index in [1.54, 1.807) is 19.9 Å². The number of amides is 1. The number of nitrogens with one attached hydrogen (secondary N) is 1. The van der Waals surface area contributed by atoms with Crippen LogP contribution >= 0.6 is 0 Å². The number of hydrogen-bond acceptors (Lipinski definition) is 7. The predicted molar refractivity (Wildman–Crippen MR) is 115 cm³/mol. The van der Waals surface area contributed by atoms with Crippen molar-refractivity contribution in [3.05, 3.63) is 56.6 Å². The molecule has 0 aliphatic carbocycles. The number of hydrogen-bond donors (Lipinski definition) is 3. The zero-order valence-corrected chi connectivity index (χ0v) is 17.9. The highest BCUT2D eigenvalue weighted by Crippen LogP contribution is 2.42. The molecule has 3 aromatic rings. The number of anilines is 1. The van der Waals surface area contributed by atoms with Gasteiger partial charge >= 0.3 is 5.97 Å². The predicted octanol–water partition coefficient (Wildman–Crippen LogP) is 1.46. The summed E-state index contributed by atoms with van der Waals surface area (Å²) >= 11 is 0. The smallest absolute Gasteiger partial charge is 0.343 e. The lowest BCUT2D eigenvalue weighted by molar-refractivity contribution is -0.172. The monoisotopic (exact) mass is 453 g/mol. The van der Waals surface area contributed by atoms with Crippen molar-refractivity contribution in [2.75, 3.05) is 11.9 Å². The minimum atomic E-state index is -1.97. The summed E-state index contributed by atoms with van der Waals surface area (Å²) in [5.41, 5.74) is -0.0484. The van der Waals surface area contributed by atoms with Crippen molar-refractivity contribution in [2.45, 2.75) is 39.0 Å². The number of benzene rings is 1. The van der Waals surface area contributed by atoms with E-state index in [1.165, 1.54) is 16.7 Å². The Morgan fingerprint density at radius 3 is 2.76 bits per heavy atom. The fourth-order valence-corrected chi connectivity index (χ4v) is 4.53. The maximum Gasteiger partial charge on any atom is 0.343 e. The Bertz CT molecular complexity index is 1450. The van der Waals surface area contributed by atoms with E-state index in [0.29, 0.717) is 33.6 Å². The van der Waals surface area contributed by atoms with Gasteiger partial charge < -0.3 is 24.8 Å². The van der Waals surface area contributed by atoms with Crippen molar-refractivity contribution in [1.29, 1.82) is 0 Å². The molecule has 3 N–H and O–H groups in total. The molecule has 1 aromatic carbocycles. The van der Waals surface area contributed by atoms with Gasteiger partial charge in [0.1, 0.15) is 19.0 Å². The average Bonchev–Trinajstić information content (AvgIpc) is 3.16. The third kappa shape index (κ3) is 2.91. The van der Waals surface area contributed by atoms with Crippen molar-refractivity contribution >= 4 is 28.5 Å². The van der Waals surface area contributed by atoms with Gasteiger partial charge in [0.25, 0.3) is 5.56 Å². The molecule has 2 aliphatic rings. The number of carbonyl (C=O) groups is 2. The molecule has 9 nitrogen and oxygen atoms in total. The van der Waals surface area contributed by atoms with E-state index in [9.17, 15) is 29.0 Å². The van der Waals surface area contributed by atoms with Crippen LogP contribution in [0.1, 0.15) is 35.6 Å². The van der Waals surface area contributed by atoms with E-state index in [2.05, 4.69) is 10.3 Å². The number of ether oxygens (including phenoxy) is 1. The molecule has 0 saturated heterocycles. The molecule has 33 heavy (non-hydrogen) atoms. The molecule has 1 atom stereocenters. The van der Waals surface area contributed by atoms with Gasteiger partial charge in [-0.15, -0.1) is 0 Å². The largest absolute Gasteiger partial charge is 0.458 e. The number of aliphatic hydroxyl groups excluding tert-OH is 1. The molecule has 0 unspecified atom stereocenters. The Labute approximate surface area is 186 Å². The third-order valence-corrected chi connectivity index (χ3v) is 6.38. The number of rotatable bonds is 3. The number of fused-ring (bicyclic) bond motifs is 5. The number of nitrogens with zero attached hydrogens (tertiary/aromatic N) is 2. The molecule has 170 valence electrons. The van der Waals surface area contributed by atoms with Gasteiger partial charge in [0.05, 0.1) is 34.7 Å². The van der Waals surface area contributed by atoms with Gasteiger partial charge in [-0.1, -0.05) is 6.92 Å². The summed E-state index contributed by atoms with van der Waals surface area (Å²) in [4.78, 5) is 42.3. The second-order valence-electron chi connectivity index (χ2n) is 8.24. The molecule has 4 heterocycles. The van der Waals surface area contributed by atoms with Crippen LogP contribution in [0.3, 0.4) is 0 Å². The minimum Gasteiger partial charge on any atom is -0.458 e. The van der Waals surface area contributed by atoms with Crippen LogP contribution in [0.4, 0.5) is 10.1 Å². The molecule has 5 rings (SSSR count). The Hall–Kier alpha value is -3.63. The second-order valence-corrected chi connectivity index (χ2v) is 8.24. The quantitative estimate of drug-likeness (QED) is 0.400. The number of aromatic nitrogens is 2. The first-order valence-electron chi connectivity index (χ1n) is 10.4. The molecular weight excluding hydrogens is 433 g/mol. The highest BCUT2D eigenvalue weighted by Gasteiger charge is 2.45. The number of esters is 1. The van der Waals surface area contributed by atoms with Gasteiger partial charge in [-0.05, 0) is 31.0 Å². The SMILES string of the molecule is CC[C@@]1(O)C(=O)OCc2c1cc1n(c2=O)Cc2c-1nc1cc(F)c(C)cc1c2NC(=O)CO. The van der Waals surface area contributed by atoms with Gasteiger partial charge in [0.2, 0.25) is 5.91 Å². The normalized spacial score (nSPS) is 18.5. The summed E-state index contributed by atoms with van der Waals surface area (Å²) < 4.78 is 20.8. The van der Waals surface area contributed by atoms with Gasteiger partial charge in [0.15, 0.2) is 5.60 Å². The van der Waals surface area contributed by atoms with E-state index in [0.717, 1.165) is 0 Å². The number of carbonyl (C=O) groups excluding carboxylic acids is 2. The van der Waals surface area contributed by atoms with Crippen molar-refractivity contribution in [1.82, 2.24) is 9.55 Å². The summed E-state index contributed by atoms with van der Waals surface area (Å²) in [6, 6.07) is 4.32. The van der Waals surface area contributed by atoms with Gasteiger partial charge in [-0.3, -0.25) is 9.59 Å². The van der Waals surface area contributed by atoms with E-state index in [1.807, 2.05) is 0 Å².